The molecule has 0 saturated carbocycles. The molecule has 23 heavy (non-hydrogen) atoms. The third kappa shape index (κ3) is 3.24. The first kappa shape index (κ1) is 15.6. The van der Waals surface area contributed by atoms with Crippen LogP contribution in [0.15, 0.2) is 18.5 Å². The van der Waals surface area contributed by atoms with Crippen molar-refractivity contribution in [3.8, 4) is 6.07 Å². The highest BCUT2D eigenvalue weighted by Gasteiger charge is 2.44. The molecule has 3 rings (SSSR count). The third-order valence-corrected chi connectivity index (χ3v) is 4.39. The Morgan fingerprint density at radius 3 is 2.87 bits per heavy atom. The standard InChI is InChI=1S/C17H22N4O2/c1-17(2,3)23-16(22)21-5-4-13-10-20(11-15(13)21)14-6-12(7-18)8-19-9-14/h6,8-9,13,15H,4-5,10-11H2,1-3H3/t13-,15+/m1/s1. The van der Waals surface area contributed by atoms with E-state index in [2.05, 4.69) is 16.0 Å². The number of anilines is 1. The number of hydrogen-bond acceptors (Lipinski definition) is 5. The van der Waals surface area contributed by atoms with Crippen LogP contribution in [0.1, 0.15) is 32.8 Å². The van der Waals surface area contributed by atoms with E-state index in [0.29, 0.717) is 11.5 Å². The molecule has 6 nitrogen and oxygen atoms in total. The molecule has 122 valence electrons. The zero-order valence-corrected chi connectivity index (χ0v) is 13.8. The molecule has 2 fully saturated rings. The van der Waals surface area contributed by atoms with Crippen LogP contribution < -0.4 is 4.90 Å². The average molecular weight is 314 g/mol. The molecule has 3 heterocycles. The van der Waals surface area contributed by atoms with Crippen molar-refractivity contribution in [3.05, 3.63) is 24.0 Å². The van der Waals surface area contributed by atoms with E-state index >= 15 is 0 Å². The average Bonchev–Trinajstić information content (AvgIpc) is 3.05. The summed E-state index contributed by atoms with van der Waals surface area (Å²) in [5.41, 5.74) is 1.03. The van der Waals surface area contributed by atoms with E-state index in [1.807, 2.05) is 31.7 Å². The maximum atomic E-state index is 12.4. The van der Waals surface area contributed by atoms with Crippen molar-refractivity contribution in [2.24, 2.45) is 5.92 Å². The van der Waals surface area contributed by atoms with Gasteiger partial charge in [0.1, 0.15) is 11.7 Å². The number of carbonyl (C=O) groups excluding carboxylic acids is 1. The molecule has 0 bridgehead atoms. The summed E-state index contributed by atoms with van der Waals surface area (Å²) in [7, 11) is 0. The third-order valence-electron chi connectivity index (χ3n) is 4.39. The summed E-state index contributed by atoms with van der Waals surface area (Å²) in [4.78, 5) is 20.6. The first-order valence-electron chi connectivity index (χ1n) is 7.97. The molecule has 0 N–H and O–H groups in total. The number of likely N-dealkylation sites (tertiary alicyclic amines) is 1. The van der Waals surface area contributed by atoms with Crippen LogP contribution >= 0.6 is 0 Å². The molecule has 2 atom stereocenters. The first-order chi connectivity index (χ1) is 10.9. The highest BCUT2D eigenvalue weighted by molar-refractivity contribution is 5.69. The topological polar surface area (TPSA) is 69.5 Å². The Morgan fingerprint density at radius 1 is 1.39 bits per heavy atom. The van der Waals surface area contributed by atoms with Gasteiger partial charge in [-0.25, -0.2) is 4.79 Å². The lowest BCUT2D eigenvalue weighted by atomic mass is 10.1. The molecule has 2 aliphatic rings. The Morgan fingerprint density at radius 2 is 2.17 bits per heavy atom. The predicted octanol–water partition coefficient (Wildman–Crippen LogP) is 2.40. The van der Waals surface area contributed by atoms with Gasteiger partial charge in [-0.1, -0.05) is 0 Å². The Hall–Kier alpha value is -2.29. The van der Waals surface area contributed by atoms with Crippen LogP contribution in [0.4, 0.5) is 10.5 Å². The lowest BCUT2D eigenvalue weighted by molar-refractivity contribution is 0.0229. The van der Waals surface area contributed by atoms with Crippen molar-refractivity contribution < 1.29 is 9.53 Å². The van der Waals surface area contributed by atoms with Crippen molar-refractivity contribution in [2.45, 2.75) is 38.8 Å². The zero-order chi connectivity index (χ0) is 16.6. The number of amides is 1. The van der Waals surface area contributed by atoms with Gasteiger partial charge in [0.2, 0.25) is 0 Å². The Labute approximate surface area is 136 Å². The van der Waals surface area contributed by atoms with Crippen LogP contribution in [0, 0.1) is 17.2 Å². The molecule has 2 saturated heterocycles. The van der Waals surface area contributed by atoms with E-state index in [-0.39, 0.29) is 12.1 Å². The van der Waals surface area contributed by atoms with Crippen LogP contribution in [0.5, 0.6) is 0 Å². The number of carbonyl (C=O) groups is 1. The molecule has 0 unspecified atom stereocenters. The number of ether oxygens (including phenoxy) is 1. The number of hydrogen-bond donors (Lipinski definition) is 0. The summed E-state index contributed by atoms with van der Waals surface area (Å²) in [5.74, 6) is 0.452. The second-order valence-electron chi connectivity index (χ2n) is 7.24. The van der Waals surface area contributed by atoms with E-state index in [4.69, 9.17) is 10.00 Å². The number of nitriles is 1. The van der Waals surface area contributed by atoms with Gasteiger partial charge in [0.05, 0.1) is 23.5 Å². The normalized spacial score (nSPS) is 23.6. The number of fused-ring (bicyclic) bond motifs is 1. The lowest BCUT2D eigenvalue weighted by Gasteiger charge is -2.28. The number of aromatic nitrogens is 1. The number of rotatable bonds is 1. The van der Waals surface area contributed by atoms with Crippen LogP contribution in [-0.4, -0.2) is 47.3 Å². The van der Waals surface area contributed by atoms with Gasteiger partial charge in [-0.05, 0) is 33.3 Å². The van der Waals surface area contributed by atoms with Crippen molar-refractivity contribution in [1.82, 2.24) is 9.88 Å². The summed E-state index contributed by atoms with van der Waals surface area (Å²) in [6.45, 7) is 8.07. The van der Waals surface area contributed by atoms with E-state index < -0.39 is 5.60 Å². The van der Waals surface area contributed by atoms with Gasteiger partial charge in [0.15, 0.2) is 0 Å². The van der Waals surface area contributed by atoms with Gasteiger partial charge < -0.3 is 14.5 Å². The van der Waals surface area contributed by atoms with Crippen molar-refractivity contribution in [1.29, 1.82) is 5.26 Å². The Bertz CT molecular complexity index is 647. The molecule has 1 aromatic rings. The van der Waals surface area contributed by atoms with Crippen LogP contribution in [0.3, 0.4) is 0 Å². The minimum absolute atomic E-state index is 0.176. The molecule has 2 aliphatic heterocycles. The first-order valence-corrected chi connectivity index (χ1v) is 7.97. The van der Waals surface area contributed by atoms with Crippen molar-refractivity contribution in [2.75, 3.05) is 24.5 Å². The smallest absolute Gasteiger partial charge is 0.410 e. The van der Waals surface area contributed by atoms with E-state index in [0.717, 1.165) is 31.7 Å². The van der Waals surface area contributed by atoms with Gasteiger partial charge in [0.25, 0.3) is 0 Å². The van der Waals surface area contributed by atoms with Crippen LogP contribution in [0.2, 0.25) is 0 Å². The molecule has 1 aromatic heterocycles. The van der Waals surface area contributed by atoms with Gasteiger partial charge >= 0.3 is 6.09 Å². The zero-order valence-electron chi connectivity index (χ0n) is 13.8. The Balaban J connectivity index is 1.71. The summed E-state index contributed by atoms with van der Waals surface area (Å²) < 4.78 is 5.52. The van der Waals surface area contributed by atoms with Crippen molar-refractivity contribution in [3.63, 3.8) is 0 Å². The van der Waals surface area contributed by atoms with Crippen LogP contribution in [-0.2, 0) is 4.74 Å². The van der Waals surface area contributed by atoms with E-state index in [1.165, 1.54) is 0 Å². The minimum atomic E-state index is -0.474. The lowest BCUT2D eigenvalue weighted by Crippen LogP contribution is -2.42. The van der Waals surface area contributed by atoms with Crippen LogP contribution in [0.25, 0.3) is 0 Å². The molecular weight excluding hydrogens is 292 g/mol. The highest BCUT2D eigenvalue weighted by atomic mass is 16.6. The fourth-order valence-electron chi connectivity index (χ4n) is 3.38. The maximum absolute atomic E-state index is 12.4. The fourth-order valence-corrected chi connectivity index (χ4v) is 3.38. The molecule has 0 aliphatic carbocycles. The molecular formula is C17H22N4O2. The monoisotopic (exact) mass is 314 g/mol. The van der Waals surface area contributed by atoms with E-state index in [9.17, 15) is 4.79 Å². The second-order valence-corrected chi connectivity index (χ2v) is 7.24. The summed E-state index contributed by atoms with van der Waals surface area (Å²) in [6, 6.07) is 4.15. The Kier molecular flexibility index (Phi) is 3.88. The number of pyridine rings is 1. The predicted molar refractivity (Wildman–Crippen MR) is 86.0 cm³/mol. The largest absolute Gasteiger partial charge is 0.444 e. The van der Waals surface area contributed by atoms with Gasteiger partial charge in [-0.2, -0.15) is 5.26 Å². The molecule has 1 amide bonds. The highest BCUT2D eigenvalue weighted by Crippen LogP contribution is 2.34. The molecule has 0 radical (unpaired) electrons. The van der Waals surface area contributed by atoms with Crippen molar-refractivity contribution >= 4 is 11.8 Å². The molecule has 0 aromatic carbocycles. The molecule has 0 spiro atoms. The van der Waals surface area contributed by atoms with E-state index in [1.54, 1.807) is 12.4 Å². The number of nitrogens with zero attached hydrogens (tertiary/aromatic N) is 4. The fraction of sp³-hybridized carbons (Fsp3) is 0.588. The summed E-state index contributed by atoms with van der Waals surface area (Å²) in [5, 5.41) is 9.01. The maximum Gasteiger partial charge on any atom is 0.410 e. The summed E-state index contributed by atoms with van der Waals surface area (Å²) >= 11 is 0. The molecule has 6 heteroatoms. The van der Waals surface area contributed by atoms with Gasteiger partial charge in [-0.15, -0.1) is 0 Å². The van der Waals surface area contributed by atoms with Gasteiger partial charge in [0, 0.05) is 31.7 Å². The second kappa shape index (κ2) is 5.73. The van der Waals surface area contributed by atoms with Gasteiger partial charge in [-0.3, -0.25) is 4.98 Å². The SMILES string of the molecule is CC(C)(C)OC(=O)N1CC[C@@H]2CN(c3cncc(C#N)c3)C[C@@H]21. The quantitative estimate of drug-likeness (QED) is 0.796. The summed E-state index contributed by atoms with van der Waals surface area (Å²) in [6.07, 6.45) is 4.11. The minimum Gasteiger partial charge on any atom is -0.444 e.